The Morgan fingerprint density at radius 3 is 2.75 bits per heavy atom. The molecular formula is C15H21ClN2O2. The molecule has 2 N–H and O–H groups in total. The van der Waals surface area contributed by atoms with Crippen LogP contribution in [0.2, 0.25) is 5.02 Å². The van der Waals surface area contributed by atoms with Gasteiger partial charge < -0.3 is 15.4 Å². The molecule has 0 bridgehead atoms. The van der Waals surface area contributed by atoms with E-state index in [4.69, 9.17) is 16.3 Å². The molecule has 1 aliphatic carbocycles. The molecule has 0 unspecified atom stereocenters. The third-order valence-corrected chi connectivity index (χ3v) is 3.88. The molecule has 0 spiro atoms. The zero-order valence-electron chi connectivity index (χ0n) is 11.7. The molecule has 0 saturated heterocycles. The quantitative estimate of drug-likeness (QED) is 0.878. The van der Waals surface area contributed by atoms with E-state index in [1.54, 1.807) is 18.2 Å². The van der Waals surface area contributed by atoms with Gasteiger partial charge >= 0.3 is 0 Å². The van der Waals surface area contributed by atoms with E-state index in [0.29, 0.717) is 16.8 Å². The highest BCUT2D eigenvalue weighted by Gasteiger charge is 2.21. The van der Waals surface area contributed by atoms with Crippen molar-refractivity contribution in [3.63, 3.8) is 0 Å². The second kappa shape index (κ2) is 7.62. The Morgan fingerprint density at radius 2 is 2.10 bits per heavy atom. The first-order valence-corrected chi connectivity index (χ1v) is 7.39. The molecule has 20 heavy (non-hydrogen) atoms. The van der Waals surface area contributed by atoms with Gasteiger partial charge in [-0.05, 0) is 50.9 Å². The van der Waals surface area contributed by atoms with Crippen molar-refractivity contribution in [3.05, 3.63) is 29.3 Å². The van der Waals surface area contributed by atoms with Gasteiger partial charge in [0, 0.05) is 16.8 Å². The second-order valence-corrected chi connectivity index (χ2v) is 5.57. The molecular weight excluding hydrogens is 276 g/mol. The number of hydrogen-bond acceptors (Lipinski definition) is 3. The molecule has 1 amide bonds. The van der Waals surface area contributed by atoms with E-state index in [2.05, 4.69) is 10.6 Å². The minimum Gasteiger partial charge on any atom is -0.368 e. The number of amides is 1. The maximum absolute atomic E-state index is 11.8. The van der Waals surface area contributed by atoms with Crippen LogP contribution in [0.4, 0.5) is 5.69 Å². The highest BCUT2D eigenvalue weighted by Crippen LogP contribution is 2.21. The Hall–Kier alpha value is -1.10. The average molecular weight is 297 g/mol. The van der Waals surface area contributed by atoms with Crippen LogP contribution in [-0.4, -0.2) is 31.7 Å². The molecule has 1 saturated carbocycles. The first-order valence-electron chi connectivity index (χ1n) is 7.01. The standard InChI is InChI=1S/C15H21ClN2O2/c1-17-12-5-7-14(8-6-12)20-10-15(19)18-13-4-2-3-11(16)9-13/h2-4,9,12,14,17H,5-8,10H2,1H3,(H,18,19). The molecule has 1 aliphatic rings. The van der Waals surface area contributed by atoms with Crippen LogP contribution >= 0.6 is 11.6 Å². The van der Waals surface area contributed by atoms with Gasteiger partial charge in [-0.15, -0.1) is 0 Å². The van der Waals surface area contributed by atoms with E-state index in [-0.39, 0.29) is 18.6 Å². The number of ether oxygens (including phenoxy) is 1. The minimum atomic E-state index is -0.136. The number of carbonyl (C=O) groups is 1. The summed E-state index contributed by atoms with van der Waals surface area (Å²) >= 11 is 5.87. The van der Waals surface area contributed by atoms with Gasteiger partial charge in [-0.25, -0.2) is 0 Å². The molecule has 1 aromatic carbocycles. The van der Waals surface area contributed by atoms with E-state index >= 15 is 0 Å². The molecule has 0 heterocycles. The van der Waals surface area contributed by atoms with Crippen molar-refractivity contribution in [2.75, 3.05) is 19.0 Å². The lowest BCUT2D eigenvalue weighted by atomic mass is 9.93. The van der Waals surface area contributed by atoms with Crippen molar-refractivity contribution in [2.24, 2.45) is 0 Å². The lowest BCUT2D eigenvalue weighted by Gasteiger charge is -2.28. The van der Waals surface area contributed by atoms with Crippen LogP contribution in [0.25, 0.3) is 0 Å². The van der Waals surface area contributed by atoms with Crippen molar-refractivity contribution >= 4 is 23.2 Å². The van der Waals surface area contributed by atoms with E-state index in [1.807, 2.05) is 13.1 Å². The number of hydrogen-bond donors (Lipinski definition) is 2. The number of rotatable bonds is 5. The molecule has 4 nitrogen and oxygen atoms in total. The summed E-state index contributed by atoms with van der Waals surface area (Å²) in [5.41, 5.74) is 0.699. The SMILES string of the molecule is CNC1CCC(OCC(=O)Nc2cccc(Cl)c2)CC1. The van der Waals surface area contributed by atoms with Crippen molar-refractivity contribution in [3.8, 4) is 0 Å². The van der Waals surface area contributed by atoms with Crippen LogP contribution in [0, 0.1) is 0 Å². The fourth-order valence-electron chi connectivity index (χ4n) is 2.48. The minimum absolute atomic E-state index is 0.0986. The Bertz CT molecular complexity index is 445. The Balaban J connectivity index is 1.70. The van der Waals surface area contributed by atoms with E-state index < -0.39 is 0 Å². The molecule has 0 radical (unpaired) electrons. The van der Waals surface area contributed by atoms with Crippen LogP contribution in [0.15, 0.2) is 24.3 Å². The summed E-state index contributed by atoms with van der Waals surface area (Å²) in [5, 5.41) is 6.67. The summed E-state index contributed by atoms with van der Waals surface area (Å²) in [4.78, 5) is 11.8. The average Bonchev–Trinajstić information content (AvgIpc) is 2.46. The summed E-state index contributed by atoms with van der Waals surface area (Å²) in [6.07, 6.45) is 4.43. The lowest BCUT2D eigenvalue weighted by Crippen LogP contribution is -2.34. The summed E-state index contributed by atoms with van der Waals surface area (Å²) < 4.78 is 5.67. The zero-order chi connectivity index (χ0) is 14.4. The molecule has 0 aromatic heterocycles. The van der Waals surface area contributed by atoms with Gasteiger partial charge in [0.2, 0.25) is 5.91 Å². The summed E-state index contributed by atoms with van der Waals surface area (Å²) in [5.74, 6) is -0.136. The van der Waals surface area contributed by atoms with Crippen molar-refractivity contribution in [2.45, 2.75) is 37.8 Å². The molecule has 0 atom stereocenters. The normalized spacial score (nSPS) is 22.5. The molecule has 110 valence electrons. The third kappa shape index (κ3) is 4.78. The molecule has 1 fully saturated rings. The Labute approximate surface area is 124 Å². The van der Waals surface area contributed by atoms with Gasteiger partial charge in [0.05, 0.1) is 6.10 Å². The topological polar surface area (TPSA) is 50.4 Å². The van der Waals surface area contributed by atoms with Gasteiger partial charge in [-0.1, -0.05) is 17.7 Å². The molecule has 0 aliphatic heterocycles. The van der Waals surface area contributed by atoms with Crippen molar-refractivity contribution < 1.29 is 9.53 Å². The number of anilines is 1. The van der Waals surface area contributed by atoms with Crippen molar-refractivity contribution in [1.29, 1.82) is 0 Å². The van der Waals surface area contributed by atoms with Gasteiger partial charge in [0.1, 0.15) is 6.61 Å². The van der Waals surface area contributed by atoms with Gasteiger partial charge in [0.25, 0.3) is 0 Å². The summed E-state index contributed by atoms with van der Waals surface area (Å²) in [7, 11) is 1.99. The van der Waals surface area contributed by atoms with Crippen LogP contribution < -0.4 is 10.6 Å². The largest absolute Gasteiger partial charge is 0.368 e. The van der Waals surface area contributed by atoms with Crippen LogP contribution in [-0.2, 0) is 9.53 Å². The van der Waals surface area contributed by atoms with E-state index in [0.717, 1.165) is 25.7 Å². The lowest BCUT2D eigenvalue weighted by molar-refractivity contribution is -0.123. The van der Waals surface area contributed by atoms with Crippen LogP contribution in [0.3, 0.4) is 0 Å². The predicted molar refractivity (Wildman–Crippen MR) is 81.1 cm³/mol. The maximum Gasteiger partial charge on any atom is 0.250 e. The third-order valence-electron chi connectivity index (χ3n) is 3.64. The second-order valence-electron chi connectivity index (χ2n) is 5.13. The fourth-order valence-corrected chi connectivity index (χ4v) is 2.67. The van der Waals surface area contributed by atoms with Crippen LogP contribution in [0.1, 0.15) is 25.7 Å². The monoisotopic (exact) mass is 296 g/mol. The van der Waals surface area contributed by atoms with Crippen molar-refractivity contribution in [1.82, 2.24) is 5.32 Å². The number of carbonyl (C=O) groups excluding carboxylic acids is 1. The Morgan fingerprint density at radius 1 is 1.35 bits per heavy atom. The van der Waals surface area contributed by atoms with Gasteiger partial charge in [0.15, 0.2) is 0 Å². The Kier molecular flexibility index (Phi) is 5.83. The number of halogens is 1. The van der Waals surface area contributed by atoms with E-state index in [9.17, 15) is 4.79 Å². The summed E-state index contributed by atoms with van der Waals surface area (Å²) in [6, 6.07) is 7.70. The first kappa shape index (κ1) is 15.3. The molecule has 1 aromatic rings. The zero-order valence-corrected chi connectivity index (χ0v) is 12.5. The van der Waals surface area contributed by atoms with E-state index in [1.165, 1.54) is 0 Å². The first-order chi connectivity index (χ1) is 9.67. The smallest absolute Gasteiger partial charge is 0.250 e. The predicted octanol–water partition coefficient (Wildman–Crippen LogP) is 2.83. The van der Waals surface area contributed by atoms with Gasteiger partial charge in [-0.2, -0.15) is 0 Å². The number of nitrogens with one attached hydrogen (secondary N) is 2. The molecule has 2 rings (SSSR count). The molecule has 5 heteroatoms. The van der Waals surface area contributed by atoms with Gasteiger partial charge in [-0.3, -0.25) is 4.79 Å². The van der Waals surface area contributed by atoms with Crippen LogP contribution in [0.5, 0.6) is 0 Å². The fraction of sp³-hybridized carbons (Fsp3) is 0.533. The highest BCUT2D eigenvalue weighted by molar-refractivity contribution is 6.30. The highest BCUT2D eigenvalue weighted by atomic mass is 35.5. The maximum atomic E-state index is 11.8. The summed E-state index contributed by atoms with van der Waals surface area (Å²) in [6.45, 7) is 0.0986. The number of benzene rings is 1.